The molecule has 9 heteroatoms. The topological polar surface area (TPSA) is 114 Å². The highest BCUT2D eigenvalue weighted by atomic mass is 16.6. The number of fused-ring (bicyclic) bond motifs is 1. The number of carboxylic acid groups (broad SMARTS) is 1. The minimum absolute atomic E-state index is 0.0943. The average molecular weight is 359 g/mol. The van der Waals surface area contributed by atoms with Crippen LogP contribution in [0.2, 0.25) is 0 Å². The van der Waals surface area contributed by atoms with Crippen molar-refractivity contribution in [3.8, 4) is 11.5 Å². The molecule has 0 saturated heterocycles. The number of aliphatic imine (C=N–C) groups is 1. The Morgan fingerprint density at radius 1 is 1.31 bits per heavy atom. The number of aliphatic carboxylic acids is 1. The van der Waals surface area contributed by atoms with Crippen LogP contribution in [0.15, 0.2) is 47.2 Å². The van der Waals surface area contributed by atoms with Crippen LogP contribution in [-0.2, 0) is 4.79 Å². The third-order valence-corrected chi connectivity index (χ3v) is 4.30. The van der Waals surface area contributed by atoms with Gasteiger partial charge >= 0.3 is 5.97 Å². The minimum atomic E-state index is -1.04. The number of hydrogen-bond acceptors (Lipinski definition) is 7. The molecule has 9 nitrogen and oxygen atoms in total. The Morgan fingerprint density at radius 3 is 2.65 bits per heavy atom. The SMILES string of the molecule is COc1ccc(C2CC(C(=O)O)N=C3C=CC([N+](=O)[O-])=CN32)cc1OC. The number of carbonyl (C=O) groups is 1. The maximum Gasteiger partial charge on any atom is 0.328 e. The molecule has 0 saturated carbocycles. The average Bonchev–Trinajstić information content (AvgIpc) is 2.65. The van der Waals surface area contributed by atoms with Gasteiger partial charge in [-0.15, -0.1) is 0 Å². The zero-order chi connectivity index (χ0) is 18.8. The van der Waals surface area contributed by atoms with Gasteiger partial charge in [0, 0.05) is 12.5 Å². The number of nitrogens with zero attached hydrogens (tertiary/aromatic N) is 3. The van der Waals surface area contributed by atoms with Crippen LogP contribution in [0.5, 0.6) is 11.5 Å². The highest BCUT2D eigenvalue weighted by molar-refractivity contribution is 5.97. The van der Waals surface area contributed by atoms with Gasteiger partial charge in [-0.3, -0.25) is 15.1 Å². The normalized spacial score (nSPS) is 21.4. The van der Waals surface area contributed by atoms with Crippen molar-refractivity contribution in [3.63, 3.8) is 0 Å². The first-order valence-corrected chi connectivity index (χ1v) is 7.79. The van der Waals surface area contributed by atoms with E-state index < -0.39 is 23.0 Å². The van der Waals surface area contributed by atoms with E-state index in [4.69, 9.17) is 9.47 Å². The van der Waals surface area contributed by atoms with Crippen molar-refractivity contribution in [3.05, 3.63) is 57.9 Å². The standard InChI is InChI=1S/C17H17N3O6/c1-25-14-5-3-10(7-15(14)26-2)13-8-12(17(21)22)18-16-6-4-11(20(23)24)9-19(13)16/h3-7,9,12-13H,8H2,1-2H3,(H,21,22). The molecule has 1 aromatic carbocycles. The Morgan fingerprint density at radius 2 is 2.04 bits per heavy atom. The van der Waals surface area contributed by atoms with Gasteiger partial charge in [0.2, 0.25) is 0 Å². The summed E-state index contributed by atoms with van der Waals surface area (Å²) in [5, 5.41) is 20.5. The second kappa shape index (κ2) is 6.87. The van der Waals surface area contributed by atoms with E-state index in [1.807, 2.05) is 0 Å². The Balaban J connectivity index is 2.06. The summed E-state index contributed by atoms with van der Waals surface area (Å²) >= 11 is 0. The van der Waals surface area contributed by atoms with Crippen molar-refractivity contribution in [1.82, 2.24) is 4.90 Å². The molecular weight excluding hydrogens is 342 g/mol. The quantitative estimate of drug-likeness (QED) is 0.631. The highest BCUT2D eigenvalue weighted by Gasteiger charge is 2.36. The summed E-state index contributed by atoms with van der Waals surface area (Å²) in [4.78, 5) is 27.9. The zero-order valence-electron chi connectivity index (χ0n) is 14.2. The van der Waals surface area contributed by atoms with Crippen molar-refractivity contribution in [2.75, 3.05) is 14.2 Å². The van der Waals surface area contributed by atoms with Crippen LogP contribution in [0.25, 0.3) is 0 Å². The molecule has 3 rings (SSSR count). The molecule has 26 heavy (non-hydrogen) atoms. The Kier molecular flexibility index (Phi) is 4.61. The number of amidine groups is 1. The molecule has 2 heterocycles. The maximum atomic E-state index is 11.5. The summed E-state index contributed by atoms with van der Waals surface area (Å²) in [6.45, 7) is 0. The van der Waals surface area contributed by atoms with E-state index in [1.54, 1.807) is 23.1 Å². The van der Waals surface area contributed by atoms with Crippen molar-refractivity contribution in [1.29, 1.82) is 0 Å². The van der Waals surface area contributed by atoms with Gasteiger partial charge in [0.1, 0.15) is 5.84 Å². The smallest absolute Gasteiger partial charge is 0.328 e. The molecule has 2 aliphatic rings. The number of allylic oxidation sites excluding steroid dienone is 1. The molecule has 0 bridgehead atoms. The van der Waals surface area contributed by atoms with Crippen molar-refractivity contribution in [2.45, 2.75) is 18.5 Å². The first-order valence-electron chi connectivity index (χ1n) is 7.79. The van der Waals surface area contributed by atoms with Crippen molar-refractivity contribution >= 4 is 11.8 Å². The van der Waals surface area contributed by atoms with Gasteiger partial charge in [0.05, 0.1) is 31.4 Å². The molecule has 1 aromatic rings. The molecule has 2 aliphatic heterocycles. The van der Waals surface area contributed by atoms with Crippen LogP contribution in [0.1, 0.15) is 18.0 Å². The van der Waals surface area contributed by atoms with E-state index in [1.165, 1.54) is 32.6 Å². The van der Waals surface area contributed by atoms with E-state index in [9.17, 15) is 20.0 Å². The number of hydrogen-bond donors (Lipinski definition) is 1. The molecule has 0 fully saturated rings. The number of nitro groups is 1. The lowest BCUT2D eigenvalue weighted by Crippen LogP contribution is -2.40. The molecular formula is C17H17N3O6. The van der Waals surface area contributed by atoms with Gasteiger partial charge in [-0.1, -0.05) is 6.07 Å². The van der Waals surface area contributed by atoms with Gasteiger partial charge < -0.3 is 19.5 Å². The molecule has 0 spiro atoms. The minimum Gasteiger partial charge on any atom is -0.493 e. The van der Waals surface area contributed by atoms with Crippen molar-refractivity contribution in [2.24, 2.45) is 4.99 Å². The first-order chi connectivity index (χ1) is 12.4. The first kappa shape index (κ1) is 17.5. The lowest BCUT2D eigenvalue weighted by atomic mass is 9.94. The summed E-state index contributed by atoms with van der Waals surface area (Å²) in [6, 6.07) is 3.86. The molecule has 0 amide bonds. The summed E-state index contributed by atoms with van der Waals surface area (Å²) < 4.78 is 10.5. The van der Waals surface area contributed by atoms with Crippen LogP contribution in [0.4, 0.5) is 0 Å². The second-order valence-electron chi connectivity index (χ2n) is 5.76. The van der Waals surface area contributed by atoms with E-state index in [2.05, 4.69) is 4.99 Å². The number of ether oxygens (including phenoxy) is 2. The Bertz CT molecular complexity index is 845. The molecule has 0 aliphatic carbocycles. The summed E-state index contributed by atoms with van der Waals surface area (Å²) in [6.07, 6.45) is 4.31. The monoisotopic (exact) mass is 359 g/mol. The van der Waals surface area contributed by atoms with Crippen LogP contribution in [0.3, 0.4) is 0 Å². The van der Waals surface area contributed by atoms with Crippen LogP contribution < -0.4 is 9.47 Å². The molecule has 136 valence electrons. The van der Waals surface area contributed by atoms with E-state index >= 15 is 0 Å². The molecule has 0 aromatic heterocycles. The summed E-state index contributed by atoms with van der Waals surface area (Å²) in [5.41, 5.74) is 0.652. The molecule has 2 atom stereocenters. The molecule has 1 N–H and O–H groups in total. The zero-order valence-corrected chi connectivity index (χ0v) is 14.2. The van der Waals surface area contributed by atoms with E-state index in [0.717, 1.165) is 5.56 Å². The van der Waals surface area contributed by atoms with Gasteiger partial charge in [-0.2, -0.15) is 0 Å². The molecule has 0 radical (unpaired) electrons. The lowest BCUT2D eigenvalue weighted by molar-refractivity contribution is -0.420. The third-order valence-electron chi connectivity index (χ3n) is 4.30. The molecule has 2 unspecified atom stereocenters. The fourth-order valence-electron chi connectivity index (χ4n) is 3.02. The van der Waals surface area contributed by atoms with Gasteiger partial charge in [-0.25, -0.2) is 4.79 Å². The number of benzene rings is 1. The van der Waals surface area contributed by atoms with Gasteiger partial charge in [0.25, 0.3) is 5.70 Å². The summed E-state index contributed by atoms with van der Waals surface area (Å²) in [7, 11) is 3.02. The summed E-state index contributed by atoms with van der Waals surface area (Å²) in [5.74, 6) is 0.358. The predicted octanol–water partition coefficient (Wildman–Crippen LogP) is 1.99. The largest absolute Gasteiger partial charge is 0.493 e. The number of methoxy groups -OCH3 is 2. The van der Waals surface area contributed by atoms with E-state index in [0.29, 0.717) is 17.3 Å². The fourth-order valence-corrected chi connectivity index (χ4v) is 3.02. The second-order valence-corrected chi connectivity index (χ2v) is 5.76. The highest BCUT2D eigenvalue weighted by Crippen LogP contribution is 2.37. The van der Waals surface area contributed by atoms with Crippen LogP contribution in [0, 0.1) is 10.1 Å². The Labute approximate surface area is 149 Å². The number of rotatable bonds is 5. The predicted molar refractivity (Wildman–Crippen MR) is 91.8 cm³/mol. The van der Waals surface area contributed by atoms with Gasteiger partial charge in [0.15, 0.2) is 17.5 Å². The third kappa shape index (κ3) is 3.10. The maximum absolute atomic E-state index is 11.5. The van der Waals surface area contributed by atoms with Crippen LogP contribution in [-0.4, -0.2) is 47.0 Å². The van der Waals surface area contributed by atoms with Crippen molar-refractivity contribution < 1.29 is 24.3 Å². The number of carboxylic acids is 1. The van der Waals surface area contributed by atoms with E-state index in [-0.39, 0.29) is 12.1 Å². The lowest BCUT2D eigenvalue weighted by Gasteiger charge is -2.37. The fraction of sp³-hybridized carbons (Fsp3) is 0.294. The van der Waals surface area contributed by atoms with Gasteiger partial charge in [-0.05, 0) is 23.8 Å². The van der Waals surface area contributed by atoms with Crippen LogP contribution >= 0.6 is 0 Å². The Hall–Kier alpha value is -3.36.